The third-order valence-electron chi connectivity index (χ3n) is 2.27. The van der Waals surface area contributed by atoms with E-state index in [0.29, 0.717) is 0 Å². The first-order valence-electron chi connectivity index (χ1n) is 4.56. The minimum absolute atomic E-state index is 0.141. The van der Waals surface area contributed by atoms with E-state index < -0.39 is 17.5 Å². The number of rotatable bonds is 3. The van der Waals surface area contributed by atoms with Gasteiger partial charge in [-0.2, -0.15) is 0 Å². The Bertz CT molecular complexity index is 227. The lowest BCUT2D eigenvalue weighted by Crippen LogP contribution is -2.46. The fourth-order valence-electron chi connectivity index (χ4n) is 1.38. The largest absolute Gasteiger partial charge is 0.353 e. The predicted molar refractivity (Wildman–Crippen MR) is 45.9 cm³/mol. The maximum absolute atomic E-state index is 12.9. The highest BCUT2D eigenvalue weighted by Crippen LogP contribution is 2.41. The normalized spacial score (nSPS) is 21.5. The van der Waals surface area contributed by atoms with E-state index in [1.807, 2.05) is 0 Å². The molecule has 0 unspecified atom stereocenters. The Kier molecular flexibility index (Phi) is 2.78. The van der Waals surface area contributed by atoms with Crippen LogP contribution < -0.4 is 5.32 Å². The third-order valence-corrected chi connectivity index (χ3v) is 2.27. The number of nitrogens with one attached hydrogen (secondary N) is 1. The van der Waals surface area contributed by atoms with E-state index in [9.17, 15) is 18.0 Å². The molecule has 1 N–H and O–H groups in total. The molecule has 5 heteroatoms. The summed E-state index contributed by atoms with van der Waals surface area (Å²) in [5, 5.41) is 2.32. The summed E-state index contributed by atoms with van der Waals surface area (Å²) < 4.78 is 37.7. The molecule has 14 heavy (non-hydrogen) atoms. The van der Waals surface area contributed by atoms with E-state index in [2.05, 4.69) is 5.32 Å². The molecule has 1 amide bonds. The third kappa shape index (κ3) is 2.89. The summed E-state index contributed by atoms with van der Waals surface area (Å²) in [5.41, 5.74) is -1.94. The van der Waals surface area contributed by atoms with E-state index in [0.717, 1.165) is 13.8 Å². The van der Waals surface area contributed by atoms with Crippen LogP contribution >= 0.6 is 0 Å². The molecular weight excluding hydrogens is 195 g/mol. The van der Waals surface area contributed by atoms with Crippen molar-refractivity contribution in [3.63, 3.8) is 0 Å². The van der Waals surface area contributed by atoms with Crippen LogP contribution in [0.2, 0.25) is 0 Å². The first-order chi connectivity index (χ1) is 6.21. The van der Waals surface area contributed by atoms with Gasteiger partial charge in [0.15, 0.2) is 5.67 Å². The summed E-state index contributed by atoms with van der Waals surface area (Å²) in [4.78, 5) is 11.0. The molecule has 0 radical (unpaired) electrons. The predicted octanol–water partition coefficient (Wildman–Crippen LogP) is 1.90. The molecule has 1 fully saturated rings. The summed E-state index contributed by atoms with van der Waals surface area (Å²) in [6.45, 7) is 2.41. The van der Waals surface area contributed by atoms with Crippen molar-refractivity contribution in [2.45, 2.75) is 38.3 Å². The Morgan fingerprint density at radius 1 is 1.50 bits per heavy atom. The zero-order chi connectivity index (χ0) is 11.0. The lowest BCUT2D eigenvalue weighted by atomic mass is 9.81. The molecule has 0 aromatic heterocycles. The van der Waals surface area contributed by atoms with Crippen molar-refractivity contribution in [1.29, 1.82) is 0 Å². The van der Waals surface area contributed by atoms with Crippen LogP contribution in [0.3, 0.4) is 0 Å². The van der Waals surface area contributed by atoms with Crippen LogP contribution in [-0.2, 0) is 4.79 Å². The second-order valence-corrected chi connectivity index (χ2v) is 4.31. The number of hydrogen-bond acceptors (Lipinski definition) is 1. The van der Waals surface area contributed by atoms with Gasteiger partial charge in [0, 0.05) is 19.4 Å². The van der Waals surface area contributed by atoms with Gasteiger partial charge < -0.3 is 5.32 Å². The second kappa shape index (κ2) is 3.44. The highest BCUT2D eigenvalue weighted by molar-refractivity contribution is 5.84. The van der Waals surface area contributed by atoms with Crippen LogP contribution in [0.15, 0.2) is 0 Å². The lowest BCUT2D eigenvalue weighted by Gasteiger charge is -2.35. The Morgan fingerprint density at radius 3 is 2.36 bits per heavy atom. The van der Waals surface area contributed by atoms with Crippen molar-refractivity contribution in [1.82, 2.24) is 5.32 Å². The van der Waals surface area contributed by atoms with Crippen molar-refractivity contribution in [3.05, 3.63) is 0 Å². The number of hydrogen-bond donors (Lipinski definition) is 1. The molecule has 0 heterocycles. The average molecular weight is 209 g/mol. The molecule has 1 saturated carbocycles. The first kappa shape index (κ1) is 11.3. The van der Waals surface area contributed by atoms with Gasteiger partial charge in [0.1, 0.15) is 0 Å². The maximum Gasteiger partial charge on any atom is 0.257 e. The van der Waals surface area contributed by atoms with Crippen LogP contribution in [-0.4, -0.2) is 24.0 Å². The maximum atomic E-state index is 12.9. The second-order valence-electron chi connectivity index (χ2n) is 4.31. The lowest BCUT2D eigenvalue weighted by molar-refractivity contribution is -0.134. The van der Waals surface area contributed by atoms with Crippen LogP contribution in [0.25, 0.3) is 0 Å². The van der Waals surface area contributed by atoms with Crippen molar-refractivity contribution < 1.29 is 18.0 Å². The summed E-state index contributed by atoms with van der Waals surface area (Å²) in [7, 11) is 0. The van der Waals surface area contributed by atoms with Crippen molar-refractivity contribution >= 4 is 5.91 Å². The number of halogens is 3. The Balaban J connectivity index is 2.21. The summed E-state index contributed by atoms with van der Waals surface area (Å²) in [6, 6.07) is 0. The highest BCUT2D eigenvalue weighted by Gasteiger charge is 2.45. The molecule has 0 aromatic carbocycles. The Morgan fingerprint density at radius 2 is 2.00 bits per heavy atom. The van der Waals surface area contributed by atoms with Crippen LogP contribution in [0.1, 0.15) is 26.7 Å². The summed E-state index contributed by atoms with van der Waals surface area (Å²) >= 11 is 0. The van der Waals surface area contributed by atoms with E-state index in [-0.39, 0.29) is 25.3 Å². The fraction of sp³-hybridized carbons (Fsp3) is 0.889. The van der Waals surface area contributed by atoms with Crippen LogP contribution in [0, 0.1) is 5.92 Å². The molecule has 0 spiro atoms. The fourth-order valence-corrected chi connectivity index (χ4v) is 1.38. The highest BCUT2D eigenvalue weighted by atomic mass is 19.3. The van der Waals surface area contributed by atoms with Gasteiger partial charge in [-0.05, 0) is 19.8 Å². The molecule has 0 bridgehead atoms. The van der Waals surface area contributed by atoms with E-state index in [1.165, 1.54) is 0 Å². The molecule has 2 nitrogen and oxygen atoms in total. The first-order valence-corrected chi connectivity index (χ1v) is 4.56. The van der Waals surface area contributed by atoms with Gasteiger partial charge in [-0.15, -0.1) is 0 Å². The molecule has 0 aliphatic heterocycles. The topological polar surface area (TPSA) is 29.1 Å². The van der Waals surface area contributed by atoms with Gasteiger partial charge >= 0.3 is 0 Å². The average Bonchev–Trinajstić information content (AvgIpc) is 1.93. The number of amides is 1. The summed E-state index contributed by atoms with van der Waals surface area (Å²) in [6.07, 6.45) is -0.417. The van der Waals surface area contributed by atoms with Gasteiger partial charge in [-0.25, -0.2) is 13.2 Å². The standard InChI is InChI=1S/C9H14F3NO/c1-8(2,10)7(14)13-5-6-3-9(11,12)4-6/h6H,3-5H2,1-2H3,(H,13,14). The van der Waals surface area contributed by atoms with Gasteiger partial charge in [0.2, 0.25) is 5.92 Å². The molecule has 0 aromatic rings. The zero-order valence-corrected chi connectivity index (χ0v) is 8.24. The monoisotopic (exact) mass is 209 g/mol. The van der Waals surface area contributed by atoms with E-state index in [4.69, 9.17) is 0 Å². The van der Waals surface area contributed by atoms with Gasteiger partial charge in [-0.1, -0.05) is 0 Å². The number of carbonyl (C=O) groups excluding carboxylic acids is 1. The Labute approximate surface area is 80.9 Å². The minimum atomic E-state index is -2.58. The number of carbonyl (C=O) groups is 1. The van der Waals surface area contributed by atoms with Gasteiger partial charge in [0.25, 0.3) is 5.91 Å². The molecular formula is C9H14F3NO. The van der Waals surface area contributed by atoms with Gasteiger partial charge in [0.05, 0.1) is 0 Å². The van der Waals surface area contributed by atoms with Gasteiger partial charge in [-0.3, -0.25) is 4.79 Å². The van der Waals surface area contributed by atoms with Crippen molar-refractivity contribution in [2.24, 2.45) is 5.92 Å². The molecule has 1 aliphatic carbocycles. The van der Waals surface area contributed by atoms with Crippen LogP contribution in [0.5, 0.6) is 0 Å². The molecule has 0 saturated heterocycles. The SMILES string of the molecule is CC(C)(F)C(=O)NCC1CC(F)(F)C1. The van der Waals surface area contributed by atoms with E-state index in [1.54, 1.807) is 0 Å². The number of alkyl halides is 3. The van der Waals surface area contributed by atoms with Crippen molar-refractivity contribution in [3.8, 4) is 0 Å². The zero-order valence-electron chi connectivity index (χ0n) is 8.24. The smallest absolute Gasteiger partial charge is 0.257 e. The Hall–Kier alpha value is -0.740. The van der Waals surface area contributed by atoms with Crippen molar-refractivity contribution in [2.75, 3.05) is 6.54 Å². The van der Waals surface area contributed by atoms with Crippen LogP contribution in [0.4, 0.5) is 13.2 Å². The quantitative estimate of drug-likeness (QED) is 0.755. The summed E-state index contributed by atoms with van der Waals surface area (Å²) in [5.74, 6) is -3.54. The van der Waals surface area contributed by atoms with E-state index >= 15 is 0 Å². The molecule has 1 aliphatic rings. The molecule has 82 valence electrons. The minimum Gasteiger partial charge on any atom is -0.353 e. The molecule has 0 atom stereocenters. The molecule has 1 rings (SSSR count).